The Kier molecular flexibility index (Phi) is 6.02. The number of fused-ring (bicyclic) bond motifs is 1. The molecular formula is C24H26N4O2. The molecule has 0 atom stereocenters. The number of aryl methyl sites for hydroxylation is 1. The highest BCUT2D eigenvalue weighted by molar-refractivity contribution is 5.98. The van der Waals surface area contributed by atoms with Gasteiger partial charge in [-0.3, -0.25) is 19.6 Å². The monoisotopic (exact) mass is 402 g/mol. The Labute approximate surface area is 175 Å². The second kappa shape index (κ2) is 9.03. The summed E-state index contributed by atoms with van der Waals surface area (Å²) in [5, 5.41) is 3.44. The largest absolute Gasteiger partial charge is 0.352 e. The molecule has 0 fully saturated rings. The van der Waals surface area contributed by atoms with E-state index in [4.69, 9.17) is 0 Å². The third kappa shape index (κ3) is 4.48. The van der Waals surface area contributed by atoms with Crippen LogP contribution in [0.5, 0.6) is 0 Å². The summed E-state index contributed by atoms with van der Waals surface area (Å²) in [4.78, 5) is 34.4. The smallest absolute Gasteiger partial charge is 0.260 e. The highest BCUT2D eigenvalue weighted by atomic mass is 16.1. The lowest BCUT2D eigenvalue weighted by Crippen LogP contribution is -2.27. The van der Waals surface area contributed by atoms with Gasteiger partial charge in [0.1, 0.15) is 0 Å². The second-order valence-corrected chi connectivity index (χ2v) is 7.78. The van der Waals surface area contributed by atoms with E-state index >= 15 is 0 Å². The molecule has 1 aliphatic carbocycles. The van der Waals surface area contributed by atoms with Crippen LogP contribution < -0.4 is 10.9 Å². The molecule has 154 valence electrons. The van der Waals surface area contributed by atoms with E-state index in [0.717, 1.165) is 24.8 Å². The van der Waals surface area contributed by atoms with Crippen LogP contribution in [-0.2, 0) is 6.54 Å². The third-order valence-electron chi connectivity index (χ3n) is 5.58. The van der Waals surface area contributed by atoms with E-state index < -0.39 is 0 Å². The van der Waals surface area contributed by atoms with E-state index in [2.05, 4.69) is 21.4 Å². The number of pyridine rings is 3. The van der Waals surface area contributed by atoms with Gasteiger partial charge in [-0.2, -0.15) is 0 Å². The first-order valence-electron chi connectivity index (χ1n) is 10.5. The highest BCUT2D eigenvalue weighted by Gasteiger charge is 2.14. The molecule has 0 bridgehead atoms. The number of amides is 1. The molecule has 0 aliphatic heterocycles. The normalized spacial score (nSPS) is 13.8. The minimum Gasteiger partial charge on any atom is -0.352 e. The predicted molar refractivity (Wildman–Crippen MR) is 118 cm³/mol. The first-order valence-corrected chi connectivity index (χ1v) is 10.5. The number of hydrogen-bond donors (Lipinski definition) is 1. The van der Waals surface area contributed by atoms with Crippen LogP contribution in [0.4, 0.5) is 0 Å². The summed E-state index contributed by atoms with van der Waals surface area (Å²) in [5.41, 5.74) is 3.88. The van der Waals surface area contributed by atoms with Crippen LogP contribution in [-0.4, -0.2) is 27.0 Å². The molecule has 0 spiro atoms. The molecule has 3 aromatic rings. The second-order valence-electron chi connectivity index (χ2n) is 7.78. The SMILES string of the molecule is Cc1nc2ccn(Cc3cccnc3)c(=O)c2cc1C(=O)NCCC1=CCCCC1. The first-order chi connectivity index (χ1) is 14.6. The number of allylic oxidation sites excluding steroid dienone is 1. The molecule has 0 radical (unpaired) electrons. The minimum atomic E-state index is -0.180. The van der Waals surface area contributed by atoms with Crippen molar-refractivity contribution in [2.75, 3.05) is 6.54 Å². The number of carbonyl (C=O) groups excluding carboxylic acids is 1. The maximum atomic E-state index is 13.0. The summed E-state index contributed by atoms with van der Waals surface area (Å²) in [6.45, 7) is 2.83. The van der Waals surface area contributed by atoms with Gasteiger partial charge in [0.25, 0.3) is 11.5 Å². The van der Waals surface area contributed by atoms with Crippen LogP contribution in [0.3, 0.4) is 0 Å². The van der Waals surface area contributed by atoms with Gasteiger partial charge in [-0.25, -0.2) is 0 Å². The molecular weight excluding hydrogens is 376 g/mol. The standard InChI is InChI=1S/C24H26N4O2/c1-17-20(23(29)26-12-9-18-6-3-2-4-7-18)14-21-22(27-17)10-13-28(24(21)30)16-19-8-5-11-25-15-19/h5-6,8,10-11,13-15H,2-4,7,9,12,16H2,1H3,(H,26,29). The van der Waals surface area contributed by atoms with Crippen molar-refractivity contribution in [2.45, 2.75) is 45.6 Å². The van der Waals surface area contributed by atoms with E-state index in [1.165, 1.54) is 18.4 Å². The van der Waals surface area contributed by atoms with Crippen molar-refractivity contribution in [3.05, 3.63) is 81.7 Å². The van der Waals surface area contributed by atoms with Crippen LogP contribution >= 0.6 is 0 Å². The van der Waals surface area contributed by atoms with Gasteiger partial charge in [-0.1, -0.05) is 17.7 Å². The van der Waals surface area contributed by atoms with Crippen molar-refractivity contribution < 1.29 is 4.79 Å². The van der Waals surface area contributed by atoms with E-state index in [0.29, 0.717) is 35.2 Å². The Hall–Kier alpha value is -3.28. The van der Waals surface area contributed by atoms with Gasteiger partial charge in [0, 0.05) is 25.1 Å². The molecule has 6 heteroatoms. The Bertz CT molecular complexity index is 1150. The Morgan fingerprint density at radius 3 is 2.93 bits per heavy atom. The van der Waals surface area contributed by atoms with Gasteiger partial charge in [-0.15, -0.1) is 0 Å². The van der Waals surface area contributed by atoms with Gasteiger partial charge >= 0.3 is 0 Å². The van der Waals surface area contributed by atoms with E-state index in [1.54, 1.807) is 36.1 Å². The van der Waals surface area contributed by atoms with Crippen molar-refractivity contribution in [1.29, 1.82) is 0 Å². The molecule has 30 heavy (non-hydrogen) atoms. The fourth-order valence-corrected chi connectivity index (χ4v) is 3.91. The molecule has 3 heterocycles. The molecule has 1 amide bonds. The van der Waals surface area contributed by atoms with E-state index in [1.807, 2.05) is 18.2 Å². The summed E-state index contributed by atoms with van der Waals surface area (Å²) in [6, 6.07) is 7.27. The number of carbonyl (C=O) groups is 1. The quantitative estimate of drug-likeness (QED) is 0.637. The van der Waals surface area contributed by atoms with Gasteiger partial charge in [-0.05, 0) is 62.8 Å². The topological polar surface area (TPSA) is 76.9 Å². The Balaban J connectivity index is 1.55. The number of rotatable bonds is 6. The lowest BCUT2D eigenvalue weighted by molar-refractivity contribution is 0.0953. The van der Waals surface area contributed by atoms with E-state index in [9.17, 15) is 9.59 Å². The average Bonchev–Trinajstić information content (AvgIpc) is 2.77. The van der Waals surface area contributed by atoms with Gasteiger partial charge < -0.3 is 9.88 Å². The molecule has 0 saturated carbocycles. The lowest BCUT2D eigenvalue weighted by Gasteiger charge is -2.14. The number of aromatic nitrogens is 3. The Morgan fingerprint density at radius 1 is 1.27 bits per heavy atom. The summed E-state index contributed by atoms with van der Waals surface area (Å²) in [7, 11) is 0. The van der Waals surface area contributed by atoms with E-state index in [-0.39, 0.29) is 11.5 Å². The summed E-state index contributed by atoms with van der Waals surface area (Å²) >= 11 is 0. The molecule has 6 nitrogen and oxygen atoms in total. The van der Waals surface area contributed by atoms with Crippen molar-refractivity contribution in [2.24, 2.45) is 0 Å². The molecule has 1 N–H and O–H groups in total. The maximum Gasteiger partial charge on any atom is 0.260 e. The zero-order valence-electron chi connectivity index (χ0n) is 17.2. The zero-order chi connectivity index (χ0) is 20.9. The molecule has 4 rings (SSSR count). The lowest BCUT2D eigenvalue weighted by atomic mass is 9.97. The third-order valence-corrected chi connectivity index (χ3v) is 5.58. The fourth-order valence-electron chi connectivity index (χ4n) is 3.91. The molecule has 3 aromatic heterocycles. The maximum absolute atomic E-state index is 13.0. The molecule has 1 aliphatic rings. The predicted octanol–water partition coefficient (Wildman–Crippen LogP) is 3.77. The van der Waals surface area contributed by atoms with Crippen molar-refractivity contribution in [1.82, 2.24) is 19.9 Å². The van der Waals surface area contributed by atoms with Crippen LogP contribution in [0.25, 0.3) is 10.9 Å². The number of nitrogens with one attached hydrogen (secondary N) is 1. The molecule has 0 aromatic carbocycles. The summed E-state index contributed by atoms with van der Waals surface area (Å²) in [6.07, 6.45) is 13.1. The average molecular weight is 402 g/mol. The van der Waals surface area contributed by atoms with Gasteiger partial charge in [0.2, 0.25) is 0 Å². The van der Waals surface area contributed by atoms with Crippen LogP contribution in [0.15, 0.2) is 59.3 Å². The zero-order valence-corrected chi connectivity index (χ0v) is 17.2. The van der Waals surface area contributed by atoms with Crippen LogP contribution in [0.1, 0.15) is 53.7 Å². The number of nitrogens with zero attached hydrogens (tertiary/aromatic N) is 3. The van der Waals surface area contributed by atoms with Crippen molar-refractivity contribution >= 4 is 16.8 Å². The van der Waals surface area contributed by atoms with Crippen molar-refractivity contribution in [3.8, 4) is 0 Å². The van der Waals surface area contributed by atoms with Gasteiger partial charge in [0.15, 0.2) is 0 Å². The highest BCUT2D eigenvalue weighted by Crippen LogP contribution is 2.19. The molecule has 0 unspecified atom stereocenters. The summed E-state index contributed by atoms with van der Waals surface area (Å²) < 4.78 is 1.62. The van der Waals surface area contributed by atoms with Gasteiger partial charge in [0.05, 0.1) is 28.7 Å². The molecule has 0 saturated heterocycles. The fraction of sp³-hybridized carbons (Fsp3) is 0.333. The minimum absolute atomic E-state index is 0.162. The Morgan fingerprint density at radius 2 is 2.17 bits per heavy atom. The summed E-state index contributed by atoms with van der Waals surface area (Å²) in [5.74, 6) is -0.180. The first kappa shape index (κ1) is 20.0. The van der Waals surface area contributed by atoms with Crippen LogP contribution in [0, 0.1) is 6.92 Å². The van der Waals surface area contributed by atoms with Crippen molar-refractivity contribution in [3.63, 3.8) is 0 Å². The van der Waals surface area contributed by atoms with Crippen LogP contribution in [0.2, 0.25) is 0 Å². The number of hydrogen-bond acceptors (Lipinski definition) is 4.